The largest absolute Gasteiger partial charge is 0.0955 e. The van der Waals surface area contributed by atoms with Gasteiger partial charge in [0.25, 0.3) is 0 Å². The van der Waals surface area contributed by atoms with Crippen LogP contribution in [0.1, 0.15) is 34.1 Å². The molecule has 0 aromatic carbocycles. The fourth-order valence-electron chi connectivity index (χ4n) is 1.27. The van der Waals surface area contributed by atoms with Gasteiger partial charge >= 0.3 is 0 Å². The monoisotopic (exact) mass is 176 g/mol. The van der Waals surface area contributed by atoms with Gasteiger partial charge in [-0.3, -0.25) is 0 Å². The van der Waals surface area contributed by atoms with Crippen LogP contribution in [0.25, 0.3) is 0 Å². The molecule has 0 saturated carbocycles. The minimum Gasteiger partial charge on any atom is -0.0955 e. The molecule has 72 valence electrons. The molecule has 0 bridgehead atoms. The SMILES string of the molecule is C=C1C=CC(=C/C)/C(=C\C)C1.CC. The normalized spacial score (nSPS) is 21.7. The standard InChI is InChI=1S/C11H14.C2H6/c1-4-10-7-6-9(3)8-11(10)5-2;1-2/h4-7H,3,8H2,1-2H3;1-2H3/b10-4-,11-5-;. The molecule has 1 aliphatic carbocycles. The van der Waals surface area contributed by atoms with Gasteiger partial charge in [0.1, 0.15) is 0 Å². The third-order valence-electron chi connectivity index (χ3n) is 1.95. The minimum absolute atomic E-state index is 1.01. The lowest BCUT2D eigenvalue weighted by Crippen LogP contribution is -1.93. The topological polar surface area (TPSA) is 0 Å². The molecule has 0 nitrogen and oxygen atoms in total. The molecular weight excluding hydrogens is 156 g/mol. The van der Waals surface area contributed by atoms with Crippen molar-refractivity contribution in [3.8, 4) is 0 Å². The van der Waals surface area contributed by atoms with Gasteiger partial charge in [-0.15, -0.1) is 0 Å². The Bertz CT molecular complexity index is 249. The van der Waals surface area contributed by atoms with E-state index in [1.165, 1.54) is 16.7 Å². The molecule has 0 aromatic rings. The van der Waals surface area contributed by atoms with Crippen molar-refractivity contribution in [2.45, 2.75) is 34.1 Å². The maximum Gasteiger partial charge on any atom is -0.00291 e. The van der Waals surface area contributed by atoms with E-state index in [4.69, 9.17) is 0 Å². The first-order valence-corrected chi connectivity index (χ1v) is 4.95. The summed E-state index contributed by atoms with van der Waals surface area (Å²) < 4.78 is 0. The van der Waals surface area contributed by atoms with Crippen LogP contribution in [-0.2, 0) is 0 Å². The van der Waals surface area contributed by atoms with Gasteiger partial charge in [0, 0.05) is 0 Å². The van der Waals surface area contributed by atoms with Crippen molar-refractivity contribution in [2.24, 2.45) is 0 Å². The Labute approximate surface area is 82.4 Å². The Kier molecular flexibility index (Phi) is 5.96. The summed E-state index contributed by atoms with van der Waals surface area (Å²) in [5.41, 5.74) is 3.92. The molecule has 0 radical (unpaired) electrons. The second-order valence-electron chi connectivity index (χ2n) is 2.73. The van der Waals surface area contributed by atoms with E-state index in [0.717, 1.165) is 6.42 Å². The van der Waals surface area contributed by atoms with E-state index < -0.39 is 0 Å². The summed E-state index contributed by atoms with van der Waals surface area (Å²) in [7, 11) is 0. The van der Waals surface area contributed by atoms with Gasteiger partial charge in [-0.1, -0.05) is 50.3 Å². The van der Waals surface area contributed by atoms with Crippen LogP contribution in [0.2, 0.25) is 0 Å². The lowest BCUT2D eigenvalue weighted by molar-refractivity contribution is 1.14. The number of rotatable bonds is 0. The summed E-state index contributed by atoms with van der Waals surface area (Å²) in [6.45, 7) is 12.1. The van der Waals surface area contributed by atoms with E-state index in [1.54, 1.807) is 0 Å². The first kappa shape index (κ1) is 12.0. The molecule has 0 atom stereocenters. The summed E-state index contributed by atoms with van der Waals surface area (Å²) in [6, 6.07) is 0. The predicted molar refractivity (Wildman–Crippen MR) is 61.8 cm³/mol. The maximum absolute atomic E-state index is 3.93. The summed E-state index contributed by atoms with van der Waals surface area (Å²) >= 11 is 0. The Morgan fingerprint density at radius 3 is 2.23 bits per heavy atom. The van der Waals surface area contributed by atoms with E-state index in [-0.39, 0.29) is 0 Å². The molecule has 13 heavy (non-hydrogen) atoms. The van der Waals surface area contributed by atoms with Crippen molar-refractivity contribution in [1.82, 2.24) is 0 Å². The Morgan fingerprint density at radius 2 is 1.77 bits per heavy atom. The number of hydrogen-bond donors (Lipinski definition) is 0. The highest BCUT2D eigenvalue weighted by Gasteiger charge is 2.05. The van der Waals surface area contributed by atoms with Gasteiger partial charge in [0.05, 0.1) is 0 Å². The van der Waals surface area contributed by atoms with E-state index in [9.17, 15) is 0 Å². The first-order valence-electron chi connectivity index (χ1n) is 4.95. The van der Waals surface area contributed by atoms with Crippen LogP contribution in [0, 0.1) is 0 Å². The summed E-state index contributed by atoms with van der Waals surface area (Å²) in [5, 5.41) is 0. The average Bonchev–Trinajstić information content (AvgIpc) is 2.20. The third kappa shape index (κ3) is 3.45. The van der Waals surface area contributed by atoms with Crippen molar-refractivity contribution in [3.63, 3.8) is 0 Å². The number of allylic oxidation sites excluding steroid dienone is 7. The zero-order chi connectivity index (χ0) is 10.3. The van der Waals surface area contributed by atoms with Crippen molar-refractivity contribution in [2.75, 3.05) is 0 Å². The van der Waals surface area contributed by atoms with Gasteiger partial charge in [0.15, 0.2) is 0 Å². The van der Waals surface area contributed by atoms with Gasteiger partial charge in [-0.05, 0) is 31.4 Å². The van der Waals surface area contributed by atoms with Crippen LogP contribution >= 0.6 is 0 Å². The molecule has 0 amide bonds. The molecular formula is C13H20. The fourth-order valence-corrected chi connectivity index (χ4v) is 1.27. The Hall–Kier alpha value is -1.04. The summed E-state index contributed by atoms with van der Waals surface area (Å²) in [6.07, 6.45) is 9.51. The second kappa shape index (κ2) is 6.47. The fraction of sp³-hybridized carbons (Fsp3) is 0.385. The first-order chi connectivity index (χ1) is 6.27. The zero-order valence-electron chi connectivity index (χ0n) is 9.22. The van der Waals surface area contributed by atoms with E-state index >= 15 is 0 Å². The highest BCUT2D eigenvalue weighted by molar-refractivity contribution is 5.48. The van der Waals surface area contributed by atoms with Gasteiger partial charge in [-0.25, -0.2) is 0 Å². The lowest BCUT2D eigenvalue weighted by Gasteiger charge is -2.13. The average molecular weight is 176 g/mol. The highest BCUT2D eigenvalue weighted by Crippen LogP contribution is 2.25. The molecule has 0 unspecified atom stereocenters. The van der Waals surface area contributed by atoms with Gasteiger partial charge < -0.3 is 0 Å². The Morgan fingerprint density at radius 1 is 1.15 bits per heavy atom. The smallest absolute Gasteiger partial charge is 0.00291 e. The summed E-state index contributed by atoms with van der Waals surface area (Å²) in [4.78, 5) is 0. The molecule has 0 saturated heterocycles. The summed E-state index contributed by atoms with van der Waals surface area (Å²) in [5.74, 6) is 0. The quantitative estimate of drug-likeness (QED) is 0.512. The molecule has 1 rings (SSSR count). The molecule has 1 aliphatic rings. The lowest BCUT2D eigenvalue weighted by atomic mass is 9.92. The highest BCUT2D eigenvalue weighted by atomic mass is 14.1. The van der Waals surface area contributed by atoms with Crippen LogP contribution in [0.5, 0.6) is 0 Å². The Balaban J connectivity index is 0.000000671. The maximum atomic E-state index is 3.93. The second-order valence-corrected chi connectivity index (χ2v) is 2.73. The molecule has 0 aromatic heterocycles. The molecule has 0 spiro atoms. The molecule has 0 heterocycles. The van der Waals surface area contributed by atoms with Crippen molar-refractivity contribution < 1.29 is 0 Å². The van der Waals surface area contributed by atoms with E-state index in [0.29, 0.717) is 0 Å². The van der Waals surface area contributed by atoms with Crippen molar-refractivity contribution >= 4 is 0 Å². The van der Waals surface area contributed by atoms with Crippen LogP contribution in [0.15, 0.2) is 47.6 Å². The van der Waals surface area contributed by atoms with Crippen molar-refractivity contribution in [3.05, 3.63) is 47.6 Å². The van der Waals surface area contributed by atoms with Crippen LogP contribution in [-0.4, -0.2) is 0 Å². The van der Waals surface area contributed by atoms with Gasteiger partial charge in [-0.2, -0.15) is 0 Å². The predicted octanol–water partition coefficient (Wildman–Crippen LogP) is 4.42. The number of hydrogen-bond acceptors (Lipinski definition) is 0. The molecule has 0 fully saturated rings. The molecule has 0 aliphatic heterocycles. The van der Waals surface area contributed by atoms with E-state index in [1.807, 2.05) is 13.8 Å². The van der Waals surface area contributed by atoms with Gasteiger partial charge in [0.2, 0.25) is 0 Å². The van der Waals surface area contributed by atoms with E-state index in [2.05, 4.69) is 44.7 Å². The van der Waals surface area contributed by atoms with Crippen molar-refractivity contribution in [1.29, 1.82) is 0 Å². The van der Waals surface area contributed by atoms with Crippen LogP contribution in [0.4, 0.5) is 0 Å². The molecule has 0 heteroatoms. The zero-order valence-corrected chi connectivity index (χ0v) is 9.22. The minimum atomic E-state index is 1.01. The van der Waals surface area contributed by atoms with Crippen LogP contribution < -0.4 is 0 Å². The van der Waals surface area contributed by atoms with Crippen LogP contribution in [0.3, 0.4) is 0 Å². The molecule has 0 N–H and O–H groups in total. The third-order valence-corrected chi connectivity index (χ3v) is 1.95.